The normalized spacial score (nSPS) is 10.8. The van der Waals surface area contributed by atoms with E-state index >= 15 is 0 Å². The lowest BCUT2D eigenvalue weighted by Crippen LogP contribution is -2.07. The average Bonchev–Trinajstić information content (AvgIpc) is 2.84. The topological polar surface area (TPSA) is 48.4 Å². The molecule has 1 heterocycles. The maximum Gasteiger partial charge on any atom is 0.311 e. The Morgan fingerprint density at radius 2 is 1.67 bits per heavy atom. The lowest BCUT2D eigenvalue weighted by atomic mass is 10.0. The van der Waals surface area contributed by atoms with Gasteiger partial charge in [0.05, 0.1) is 11.9 Å². The molecule has 0 saturated carbocycles. The number of ether oxygens (including phenoxy) is 2. The molecule has 0 fully saturated rings. The van der Waals surface area contributed by atoms with E-state index in [0.717, 1.165) is 69.4 Å². The van der Waals surface area contributed by atoms with Crippen LogP contribution in [0.4, 0.5) is 0 Å². The van der Waals surface area contributed by atoms with Crippen molar-refractivity contribution in [2.24, 2.45) is 0 Å². The highest BCUT2D eigenvalue weighted by Gasteiger charge is 2.06. The molecule has 180 valence electrons. The molecule has 0 amide bonds. The van der Waals surface area contributed by atoms with Crippen LogP contribution >= 0.6 is 0 Å². The highest BCUT2D eigenvalue weighted by molar-refractivity contribution is 5.72. The van der Waals surface area contributed by atoms with Crippen LogP contribution in [-0.4, -0.2) is 24.2 Å². The predicted molar refractivity (Wildman–Crippen MR) is 136 cm³/mol. The van der Waals surface area contributed by atoms with Gasteiger partial charge in [-0.3, -0.25) is 9.78 Å². The van der Waals surface area contributed by atoms with Gasteiger partial charge in [0, 0.05) is 25.2 Å². The van der Waals surface area contributed by atoms with E-state index in [9.17, 15) is 4.79 Å². The summed E-state index contributed by atoms with van der Waals surface area (Å²) in [7, 11) is 0. The minimum atomic E-state index is -0.183. The highest BCUT2D eigenvalue weighted by atomic mass is 16.5. The maximum atomic E-state index is 12.0. The van der Waals surface area contributed by atoms with Gasteiger partial charge in [-0.1, -0.05) is 62.9 Å². The Balaban J connectivity index is 1.67. The minimum Gasteiger partial charge on any atom is -0.425 e. The molecule has 0 radical (unpaired) electrons. The summed E-state index contributed by atoms with van der Waals surface area (Å²) in [6.07, 6.45) is 16.3. The van der Waals surface area contributed by atoms with Crippen LogP contribution in [0, 0.1) is 0 Å². The fraction of sp³-hybridized carbons (Fsp3) is 0.517. The van der Waals surface area contributed by atoms with E-state index in [0.29, 0.717) is 12.2 Å². The van der Waals surface area contributed by atoms with Gasteiger partial charge in [0.25, 0.3) is 0 Å². The van der Waals surface area contributed by atoms with Gasteiger partial charge < -0.3 is 9.47 Å². The zero-order valence-electron chi connectivity index (χ0n) is 20.4. The second-order valence-electron chi connectivity index (χ2n) is 8.57. The van der Waals surface area contributed by atoms with Crippen molar-refractivity contribution >= 4 is 5.97 Å². The summed E-state index contributed by atoms with van der Waals surface area (Å²) >= 11 is 0. The van der Waals surface area contributed by atoms with E-state index in [4.69, 9.17) is 9.47 Å². The van der Waals surface area contributed by atoms with Crippen molar-refractivity contribution in [2.45, 2.75) is 84.0 Å². The summed E-state index contributed by atoms with van der Waals surface area (Å²) in [6.45, 7) is 7.62. The number of unbranched alkanes of at least 4 members (excludes halogenated alkanes) is 7. The Labute approximate surface area is 200 Å². The first-order valence-corrected chi connectivity index (χ1v) is 12.7. The lowest BCUT2D eigenvalue weighted by molar-refractivity contribution is -0.134. The van der Waals surface area contributed by atoms with Crippen LogP contribution in [0.5, 0.6) is 5.75 Å². The lowest BCUT2D eigenvalue weighted by Gasteiger charge is -2.07. The van der Waals surface area contributed by atoms with Crippen molar-refractivity contribution in [2.75, 3.05) is 13.2 Å². The SMILES string of the molecule is C=CCCCCCCCC(=O)Oc1ccc(-c2ccc(CCCCCOCCC)cc2)nc1. The van der Waals surface area contributed by atoms with Crippen LogP contribution in [0.15, 0.2) is 55.3 Å². The number of nitrogens with zero attached hydrogens (tertiary/aromatic N) is 1. The van der Waals surface area contributed by atoms with Crippen molar-refractivity contribution in [3.8, 4) is 17.0 Å². The molecule has 2 aromatic rings. The van der Waals surface area contributed by atoms with Gasteiger partial charge >= 0.3 is 5.97 Å². The van der Waals surface area contributed by atoms with Crippen LogP contribution < -0.4 is 4.74 Å². The van der Waals surface area contributed by atoms with Crippen molar-refractivity contribution in [1.82, 2.24) is 4.98 Å². The molecule has 0 spiro atoms. The fourth-order valence-corrected chi connectivity index (χ4v) is 3.68. The molecule has 33 heavy (non-hydrogen) atoms. The molecule has 1 aromatic heterocycles. The number of esters is 1. The van der Waals surface area contributed by atoms with Gasteiger partial charge in [-0.05, 0) is 62.6 Å². The Morgan fingerprint density at radius 1 is 0.909 bits per heavy atom. The van der Waals surface area contributed by atoms with Gasteiger partial charge in [0.1, 0.15) is 5.75 Å². The standard InChI is InChI=1S/C29H41NO3/c1-3-5-6-7-8-9-12-15-29(31)33-27-20-21-28(30-24-27)26-18-16-25(17-19-26)14-11-10-13-23-32-22-4-2/h3,16-21,24H,1,4-15,22-23H2,2H3. The molecule has 0 unspecified atom stereocenters. The summed E-state index contributed by atoms with van der Waals surface area (Å²) in [4.78, 5) is 16.5. The van der Waals surface area contributed by atoms with E-state index in [1.54, 1.807) is 6.20 Å². The molecule has 4 heteroatoms. The second kappa shape index (κ2) is 17.1. The molecule has 0 aliphatic carbocycles. The van der Waals surface area contributed by atoms with Crippen molar-refractivity contribution < 1.29 is 14.3 Å². The van der Waals surface area contributed by atoms with Crippen LogP contribution in [0.2, 0.25) is 0 Å². The second-order valence-corrected chi connectivity index (χ2v) is 8.57. The molecular formula is C29H41NO3. The summed E-state index contributed by atoms with van der Waals surface area (Å²) in [5, 5.41) is 0. The summed E-state index contributed by atoms with van der Waals surface area (Å²) in [6, 6.07) is 12.3. The Bertz CT molecular complexity index is 784. The third-order valence-corrected chi connectivity index (χ3v) is 5.61. The number of hydrogen-bond donors (Lipinski definition) is 0. The quantitative estimate of drug-likeness (QED) is 0.132. The smallest absolute Gasteiger partial charge is 0.311 e. The number of allylic oxidation sites excluding steroid dienone is 1. The van der Waals surface area contributed by atoms with Crippen molar-refractivity contribution in [3.63, 3.8) is 0 Å². The van der Waals surface area contributed by atoms with E-state index in [1.807, 2.05) is 18.2 Å². The molecule has 0 aliphatic heterocycles. The first-order chi connectivity index (χ1) is 16.2. The van der Waals surface area contributed by atoms with Gasteiger partial charge in [0.2, 0.25) is 0 Å². The van der Waals surface area contributed by atoms with Crippen molar-refractivity contribution in [3.05, 3.63) is 60.8 Å². The van der Waals surface area contributed by atoms with E-state index in [1.165, 1.54) is 31.2 Å². The number of benzene rings is 1. The van der Waals surface area contributed by atoms with Gasteiger partial charge in [-0.2, -0.15) is 0 Å². The van der Waals surface area contributed by atoms with E-state index < -0.39 is 0 Å². The highest BCUT2D eigenvalue weighted by Crippen LogP contribution is 2.21. The molecule has 0 saturated heterocycles. The van der Waals surface area contributed by atoms with E-state index in [-0.39, 0.29) is 5.97 Å². The number of pyridine rings is 1. The van der Waals surface area contributed by atoms with Crippen LogP contribution in [0.3, 0.4) is 0 Å². The summed E-state index contributed by atoms with van der Waals surface area (Å²) in [5.74, 6) is 0.325. The summed E-state index contributed by atoms with van der Waals surface area (Å²) < 4.78 is 11.0. The van der Waals surface area contributed by atoms with Crippen molar-refractivity contribution in [1.29, 1.82) is 0 Å². The molecule has 0 aliphatic rings. The molecule has 0 bridgehead atoms. The fourth-order valence-electron chi connectivity index (χ4n) is 3.68. The van der Waals surface area contributed by atoms with E-state index in [2.05, 4.69) is 42.8 Å². The maximum absolute atomic E-state index is 12.0. The molecule has 0 atom stereocenters. The third-order valence-electron chi connectivity index (χ3n) is 5.61. The largest absolute Gasteiger partial charge is 0.425 e. The van der Waals surface area contributed by atoms with Gasteiger partial charge in [-0.25, -0.2) is 0 Å². The first-order valence-electron chi connectivity index (χ1n) is 12.7. The van der Waals surface area contributed by atoms with Gasteiger partial charge in [0.15, 0.2) is 0 Å². The first kappa shape index (κ1) is 26.8. The van der Waals surface area contributed by atoms with Crippen LogP contribution in [-0.2, 0) is 16.0 Å². The third kappa shape index (κ3) is 11.8. The van der Waals surface area contributed by atoms with Gasteiger partial charge in [-0.15, -0.1) is 6.58 Å². The monoisotopic (exact) mass is 451 g/mol. The molecular weight excluding hydrogens is 410 g/mol. The number of carbonyl (C=O) groups excluding carboxylic acids is 1. The summed E-state index contributed by atoms with van der Waals surface area (Å²) in [5.41, 5.74) is 3.30. The number of carbonyl (C=O) groups is 1. The minimum absolute atomic E-state index is 0.183. The Hall–Kier alpha value is -2.46. The Morgan fingerprint density at radius 3 is 2.39 bits per heavy atom. The number of aryl methyl sites for hydroxylation is 1. The number of aromatic nitrogens is 1. The predicted octanol–water partition coefficient (Wildman–Crippen LogP) is 7.71. The van der Waals surface area contributed by atoms with Crippen LogP contribution in [0.1, 0.15) is 83.1 Å². The zero-order chi connectivity index (χ0) is 23.6. The number of hydrogen-bond acceptors (Lipinski definition) is 4. The molecule has 0 N–H and O–H groups in total. The zero-order valence-corrected chi connectivity index (χ0v) is 20.4. The van der Waals surface area contributed by atoms with Crippen LogP contribution in [0.25, 0.3) is 11.3 Å². The molecule has 1 aromatic carbocycles. The Kier molecular flexibility index (Phi) is 13.9. The molecule has 2 rings (SSSR count). The molecule has 4 nitrogen and oxygen atoms in total. The number of rotatable bonds is 18. The average molecular weight is 452 g/mol.